The Kier molecular flexibility index (Phi) is 2.94. The number of amides is 1. The van der Waals surface area contributed by atoms with Crippen molar-refractivity contribution in [2.24, 2.45) is 5.10 Å². The van der Waals surface area contributed by atoms with Crippen molar-refractivity contribution in [3.63, 3.8) is 0 Å². The van der Waals surface area contributed by atoms with E-state index >= 15 is 0 Å². The Balaban J connectivity index is 1.91. The number of nitrogens with one attached hydrogen (secondary N) is 2. The smallest absolute Gasteiger partial charge is 0.281 e. The van der Waals surface area contributed by atoms with Crippen LogP contribution in [-0.2, 0) is 0 Å². The highest BCUT2D eigenvalue weighted by Gasteiger charge is 2.03. The molecule has 0 atom stereocenters. The molecule has 76 valence electrons. The number of rotatable bonds is 3. The topological polar surface area (TPSA) is 57.2 Å². The molecule has 0 spiro atoms. The Morgan fingerprint density at radius 1 is 1.47 bits per heavy atom. The summed E-state index contributed by atoms with van der Waals surface area (Å²) >= 11 is 1.39. The molecule has 0 aliphatic heterocycles. The van der Waals surface area contributed by atoms with Gasteiger partial charge in [0.1, 0.15) is 0 Å². The van der Waals surface area contributed by atoms with Gasteiger partial charge in [-0.25, -0.2) is 5.43 Å². The monoisotopic (exact) mass is 219 g/mol. The van der Waals surface area contributed by atoms with Gasteiger partial charge >= 0.3 is 0 Å². The number of aromatic nitrogens is 1. The third-order valence-corrected chi connectivity index (χ3v) is 2.61. The third kappa shape index (κ3) is 2.54. The van der Waals surface area contributed by atoms with Gasteiger partial charge in [-0.15, -0.1) is 11.3 Å². The van der Waals surface area contributed by atoms with Gasteiger partial charge < -0.3 is 4.98 Å². The lowest BCUT2D eigenvalue weighted by molar-refractivity contribution is 0.0959. The largest absolute Gasteiger partial charge is 0.360 e. The van der Waals surface area contributed by atoms with Crippen LogP contribution in [0.4, 0.5) is 0 Å². The minimum atomic E-state index is -0.187. The summed E-state index contributed by atoms with van der Waals surface area (Å²) in [5.41, 5.74) is 3.29. The van der Waals surface area contributed by atoms with Crippen LogP contribution in [0.5, 0.6) is 0 Å². The van der Waals surface area contributed by atoms with Crippen molar-refractivity contribution in [3.8, 4) is 0 Å². The van der Waals surface area contributed by atoms with E-state index in [0.29, 0.717) is 4.88 Å². The highest BCUT2D eigenvalue weighted by atomic mass is 32.1. The Hall–Kier alpha value is -1.88. The fourth-order valence-electron chi connectivity index (χ4n) is 1.05. The fourth-order valence-corrected chi connectivity index (χ4v) is 1.66. The molecule has 2 aromatic rings. The van der Waals surface area contributed by atoms with Crippen LogP contribution in [0.3, 0.4) is 0 Å². The maximum absolute atomic E-state index is 11.4. The molecule has 0 fully saturated rings. The molecule has 2 aromatic heterocycles. The molecule has 1 amide bonds. The van der Waals surface area contributed by atoms with Crippen molar-refractivity contribution < 1.29 is 4.79 Å². The second-order valence-corrected chi connectivity index (χ2v) is 3.75. The normalized spacial score (nSPS) is 10.7. The van der Waals surface area contributed by atoms with E-state index in [9.17, 15) is 4.79 Å². The Morgan fingerprint density at radius 2 is 2.40 bits per heavy atom. The molecular formula is C10H9N3OS. The van der Waals surface area contributed by atoms with Crippen molar-refractivity contribution in [1.29, 1.82) is 0 Å². The van der Waals surface area contributed by atoms with Crippen molar-refractivity contribution in [1.82, 2.24) is 10.4 Å². The number of hydrogen-bond donors (Lipinski definition) is 2. The van der Waals surface area contributed by atoms with E-state index in [0.717, 1.165) is 5.69 Å². The van der Waals surface area contributed by atoms with E-state index in [1.54, 1.807) is 18.5 Å². The van der Waals surface area contributed by atoms with E-state index in [2.05, 4.69) is 15.5 Å². The Morgan fingerprint density at radius 3 is 3.07 bits per heavy atom. The lowest BCUT2D eigenvalue weighted by Gasteiger charge is -1.94. The number of carbonyl (C=O) groups excluding carboxylic acids is 1. The minimum absolute atomic E-state index is 0.187. The molecule has 0 aromatic carbocycles. The Bertz CT molecular complexity index is 445. The highest BCUT2D eigenvalue weighted by molar-refractivity contribution is 7.12. The van der Waals surface area contributed by atoms with Gasteiger partial charge in [0.2, 0.25) is 0 Å². The summed E-state index contributed by atoms with van der Waals surface area (Å²) in [5.74, 6) is -0.187. The predicted octanol–water partition coefficient (Wildman–Crippen LogP) is 1.84. The van der Waals surface area contributed by atoms with Gasteiger partial charge in [-0.3, -0.25) is 4.79 Å². The van der Waals surface area contributed by atoms with E-state index in [1.165, 1.54) is 11.3 Å². The lowest BCUT2D eigenvalue weighted by atomic mass is 10.4. The highest BCUT2D eigenvalue weighted by Crippen LogP contribution is 2.07. The van der Waals surface area contributed by atoms with Crippen LogP contribution in [0.1, 0.15) is 15.4 Å². The number of carbonyl (C=O) groups is 1. The van der Waals surface area contributed by atoms with Gasteiger partial charge in [-0.1, -0.05) is 6.07 Å². The fraction of sp³-hybridized carbons (Fsp3) is 0. The average molecular weight is 219 g/mol. The summed E-state index contributed by atoms with van der Waals surface area (Å²) in [6.45, 7) is 0. The maximum atomic E-state index is 11.4. The van der Waals surface area contributed by atoms with Crippen LogP contribution in [-0.4, -0.2) is 17.1 Å². The molecule has 2 rings (SSSR count). The molecule has 5 heteroatoms. The summed E-state index contributed by atoms with van der Waals surface area (Å²) in [7, 11) is 0. The van der Waals surface area contributed by atoms with Crippen molar-refractivity contribution >= 4 is 23.5 Å². The first-order valence-corrected chi connectivity index (χ1v) is 5.24. The summed E-state index contributed by atoms with van der Waals surface area (Å²) < 4.78 is 0. The van der Waals surface area contributed by atoms with Crippen LogP contribution in [0.25, 0.3) is 0 Å². The summed E-state index contributed by atoms with van der Waals surface area (Å²) in [4.78, 5) is 15.0. The van der Waals surface area contributed by atoms with Gasteiger partial charge in [0.05, 0.1) is 16.8 Å². The van der Waals surface area contributed by atoms with Gasteiger partial charge in [-0.05, 0) is 23.6 Å². The van der Waals surface area contributed by atoms with Crippen LogP contribution < -0.4 is 5.43 Å². The first kappa shape index (κ1) is 9.67. The molecule has 2 N–H and O–H groups in total. The number of thiophene rings is 1. The number of hydrogen-bond acceptors (Lipinski definition) is 3. The Labute approximate surface area is 90.6 Å². The SMILES string of the molecule is O=C(N/N=C\c1ccc[nH]1)c1cccs1. The van der Waals surface area contributed by atoms with Crippen molar-refractivity contribution in [3.05, 3.63) is 46.4 Å². The maximum Gasteiger partial charge on any atom is 0.281 e. The summed E-state index contributed by atoms with van der Waals surface area (Å²) in [5, 5.41) is 5.67. The molecule has 0 aliphatic rings. The molecule has 4 nitrogen and oxygen atoms in total. The van der Waals surface area contributed by atoms with Gasteiger partial charge in [0.25, 0.3) is 5.91 Å². The molecule has 0 radical (unpaired) electrons. The van der Waals surface area contributed by atoms with Gasteiger partial charge in [0, 0.05) is 6.20 Å². The molecule has 0 aliphatic carbocycles. The van der Waals surface area contributed by atoms with Crippen LogP contribution in [0.2, 0.25) is 0 Å². The van der Waals surface area contributed by atoms with Gasteiger partial charge in [0.15, 0.2) is 0 Å². The first-order valence-electron chi connectivity index (χ1n) is 4.36. The summed E-state index contributed by atoms with van der Waals surface area (Å²) in [6, 6.07) is 7.31. The zero-order valence-corrected chi connectivity index (χ0v) is 8.62. The van der Waals surface area contributed by atoms with E-state index < -0.39 is 0 Å². The molecule has 0 saturated carbocycles. The second kappa shape index (κ2) is 4.56. The van der Waals surface area contributed by atoms with Crippen LogP contribution in [0, 0.1) is 0 Å². The molecule has 0 bridgehead atoms. The van der Waals surface area contributed by atoms with E-state index in [1.807, 2.05) is 23.6 Å². The van der Waals surface area contributed by atoms with Crippen LogP contribution in [0.15, 0.2) is 40.9 Å². The van der Waals surface area contributed by atoms with Crippen molar-refractivity contribution in [2.45, 2.75) is 0 Å². The average Bonchev–Trinajstić information content (AvgIpc) is 2.90. The van der Waals surface area contributed by atoms with E-state index in [-0.39, 0.29) is 5.91 Å². The molecule has 2 heterocycles. The quantitative estimate of drug-likeness (QED) is 0.600. The zero-order valence-electron chi connectivity index (χ0n) is 7.81. The second-order valence-electron chi connectivity index (χ2n) is 2.80. The predicted molar refractivity (Wildman–Crippen MR) is 60.2 cm³/mol. The summed E-state index contributed by atoms with van der Waals surface area (Å²) in [6.07, 6.45) is 3.36. The molecule has 0 saturated heterocycles. The molecule has 15 heavy (non-hydrogen) atoms. The lowest BCUT2D eigenvalue weighted by Crippen LogP contribution is -2.16. The minimum Gasteiger partial charge on any atom is -0.360 e. The zero-order chi connectivity index (χ0) is 10.5. The van der Waals surface area contributed by atoms with E-state index in [4.69, 9.17) is 0 Å². The van der Waals surface area contributed by atoms with Crippen LogP contribution >= 0.6 is 11.3 Å². The molecule has 0 unspecified atom stereocenters. The van der Waals surface area contributed by atoms with Crippen molar-refractivity contribution in [2.75, 3.05) is 0 Å². The third-order valence-electron chi connectivity index (χ3n) is 1.74. The standard InChI is InChI=1S/C10H9N3OS/c14-10(9-4-2-6-15-9)13-12-7-8-3-1-5-11-8/h1-7,11H,(H,13,14)/b12-7-. The first-order chi connectivity index (χ1) is 7.36. The number of hydrazone groups is 1. The molecular weight excluding hydrogens is 210 g/mol. The number of aromatic amines is 1. The number of H-pyrrole nitrogens is 1. The number of nitrogens with zero attached hydrogens (tertiary/aromatic N) is 1. The van der Waals surface area contributed by atoms with Gasteiger partial charge in [-0.2, -0.15) is 5.10 Å².